The lowest BCUT2D eigenvalue weighted by Gasteiger charge is -2.11. The zero-order valence-electron chi connectivity index (χ0n) is 14.8. The Morgan fingerprint density at radius 2 is 1.80 bits per heavy atom. The SMILES string of the molecule is CC(C)Oc1ccccc1N=Nc1c(C(C)C)nc2ccc(F)cn12. The summed E-state index contributed by atoms with van der Waals surface area (Å²) in [4.78, 5) is 4.55. The molecule has 6 heteroatoms. The van der Waals surface area contributed by atoms with E-state index in [4.69, 9.17) is 4.74 Å². The Hall–Kier alpha value is -2.76. The van der Waals surface area contributed by atoms with Crippen molar-refractivity contribution in [3.05, 3.63) is 54.1 Å². The number of ether oxygens (including phenoxy) is 1. The number of nitrogens with zero attached hydrogens (tertiary/aromatic N) is 4. The van der Waals surface area contributed by atoms with E-state index in [9.17, 15) is 4.39 Å². The molecule has 2 heterocycles. The van der Waals surface area contributed by atoms with Crippen molar-refractivity contribution in [2.75, 3.05) is 0 Å². The highest BCUT2D eigenvalue weighted by Gasteiger charge is 2.16. The fourth-order valence-corrected chi connectivity index (χ4v) is 2.51. The molecule has 1 aromatic carbocycles. The zero-order chi connectivity index (χ0) is 18.0. The van der Waals surface area contributed by atoms with Crippen molar-refractivity contribution >= 4 is 17.2 Å². The van der Waals surface area contributed by atoms with Crippen LogP contribution >= 0.6 is 0 Å². The van der Waals surface area contributed by atoms with E-state index in [1.807, 2.05) is 52.0 Å². The first kappa shape index (κ1) is 17.1. The number of hydrogen-bond donors (Lipinski definition) is 0. The second-order valence-electron chi connectivity index (χ2n) is 6.39. The van der Waals surface area contributed by atoms with Gasteiger partial charge < -0.3 is 4.74 Å². The minimum Gasteiger partial charge on any atom is -0.489 e. The number of para-hydroxylation sites is 1. The molecule has 130 valence electrons. The predicted molar refractivity (Wildman–Crippen MR) is 95.6 cm³/mol. The fourth-order valence-electron chi connectivity index (χ4n) is 2.51. The van der Waals surface area contributed by atoms with Crippen molar-refractivity contribution in [3.8, 4) is 5.75 Å². The number of benzene rings is 1. The fraction of sp³-hybridized carbons (Fsp3) is 0.316. The summed E-state index contributed by atoms with van der Waals surface area (Å²) >= 11 is 0. The molecule has 3 aromatic rings. The number of imidazole rings is 1. The van der Waals surface area contributed by atoms with Crippen molar-refractivity contribution in [1.82, 2.24) is 9.38 Å². The van der Waals surface area contributed by atoms with E-state index >= 15 is 0 Å². The second-order valence-corrected chi connectivity index (χ2v) is 6.39. The Morgan fingerprint density at radius 1 is 1.04 bits per heavy atom. The number of rotatable bonds is 5. The van der Waals surface area contributed by atoms with Gasteiger partial charge in [-0.1, -0.05) is 26.0 Å². The minimum absolute atomic E-state index is 0.0347. The van der Waals surface area contributed by atoms with Gasteiger partial charge in [-0.25, -0.2) is 9.37 Å². The van der Waals surface area contributed by atoms with E-state index in [0.29, 0.717) is 22.9 Å². The van der Waals surface area contributed by atoms with E-state index in [2.05, 4.69) is 15.2 Å². The van der Waals surface area contributed by atoms with Crippen molar-refractivity contribution < 1.29 is 9.13 Å². The van der Waals surface area contributed by atoms with Crippen molar-refractivity contribution in [1.29, 1.82) is 0 Å². The molecule has 0 aliphatic rings. The van der Waals surface area contributed by atoms with Crippen LogP contribution in [0.2, 0.25) is 0 Å². The monoisotopic (exact) mass is 340 g/mol. The van der Waals surface area contributed by atoms with Gasteiger partial charge in [0.1, 0.15) is 22.9 Å². The Bertz CT molecular complexity index is 915. The Morgan fingerprint density at radius 3 is 2.52 bits per heavy atom. The molecule has 0 spiro atoms. The molecule has 0 saturated heterocycles. The highest BCUT2D eigenvalue weighted by molar-refractivity contribution is 5.55. The molecule has 0 fully saturated rings. The number of pyridine rings is 1. The zero-order valence-corrected chi connectivity index (χ0v) is 14.8. The van der Waals surface area contributed by atoms with Crippen LogP contribution in [-0.2, 0) is 0 Å². The van der Waals surface area contributed by atoms with Crippen LogP contribution in [0.3, 0.4) is 0 Å². The van der Waals surface area contributed by atoms with Crippen LogP contribution in [0.5, 0.6) is 5.75 Å². The summed E-state index contributed by atoms with van der Waals surface area (Å²) < 4.78 is 21.0. The maximum absolute atomic E-state index is 13.7. The van der Waals surface area contributed by atoms with Crippen molar-refractivity contribution in [2.24, 2.45) is 10.2 Å². The van der Waals surface area contributed by atoms with E-state index in [-0.39, 0.29) is 17.8 Å². The topological polar surface area (TPSA) is 51.2 Å². The van der Waals surface area contributed by atoms with E-state index < -0.39 is 0 Å². The molecule has 0 unspecified atom stereocenters. The normalized spacial score (nSPS) is 12.0. The Kier molecular flexibility index (Phi) is 4.79. The van der Waals surface area contributed by atoms with Gasteiger partial charge in [-0.3, -0.25) is 4.40 Å². The lowest BCUT2D eigenvalue weighted by molar-refractivity contribution is 0.243. The third-order valence-corrected chi connectivity index (χ3v) is 3.61. The average molecular weight is 340 g/mol. The van der Waals surface area contributed by atoms with Crippen molar-refractivity contribution in [2.45, 2.75) is 39.7 Å². The average Bonchev–Trinajstić information content (AvgIpc) is 2.91. The minimum atomic E-state index is -0.347. The first-order valence-corrected chi connectivity index (χ1v) is 8.30. The quantitative estimate of drug-likeness (QED) is 0.551. The van der Waals surface area contributed by atoms with E-state index in [0.717, 1.165) is 5.69 Å². The third kappa shape index (κ3) is 3.68. The van der Waals surface area contributed by atoms with E-state index in [1.54, 1.807) is 10.5 Å². The Balaban J connectivity index is 2.07. The van der Waals surface area contributed by atoms with Crippen LogP contribution in [-0.4, -0.2) is 15.5 Å². The molecule has 0 N–H and O–H groups in total. The second kappa shape index (κ2) is 7.01. The summed E-state index contributed by atoms with van der Waals surface area (Å²) in [5.74, 6) is 0.982. The highest BCUT2D eigenvalue weighted by Crippen LogP contribution is 2.33. The first-order valence-electron chi connectivity index (χ1n) is 8.30. The number of azo groups is 1. The maximum Gasteiger partial charge on any atom is 0.183 e. The smallest absolute Gasteiger partial charge is 0.183 e. The molecule has 0 aliphatic heterocycles. The summed E-state index contributed by atoms with van der Waals surface area (Å²) in [6.45, 7) is 7.95. The first-order chi connectivity index (χ1) is 12.0. The van der Waals surface area contributed by atoms with Gasteiger partial charge in [0.25, 0.3) is 0 Å². The van der Waals surface area contributed by atoms with Gasteiger partial charge in [-0.15, -0.1) is 10.2 Å². The molecular weight excluding hydrogens is 319 g/mol. The molecule has 0 saturated carbocycles. The molecule has 0 aliphatic carbocycles. The molecule has 0 bridgehead atoms. The Labute approximate surface area is 146 Å². The molecule has 3 rings (SSSR count). The van der Waals surface area contributed by atoms with Gasteiger partial charge in [-0.2, -0.15) is 0 Å². The van der Waals surface area contributed by atoms with Crippen LogP contribution in [0.25, 0.3) is 5.65 Å². The molecular formula is C19H21FN4O. The predicted octanol–water partition coefficient (Wildman–Crippen LogP) is 5.80. The largest absolute Gasteiger partial charge is 0.489 e. The lowest BCUT2D eigenvalue weighted by Crippen LogP contribution is -2.05. The van der Waals surface area contributed by atoms with Crippen LogP contribution in [0, 0.1) is 5.82 Å². The van der Waals surface area contributed by atoms with Crippen molar-refractivity contribution in [3.63, 3.8) is 0 Å². The summed E-state index contributed by atoms with van der Waals surface area (Å²) in [6, 6.07) is 10.5. The molecule has 0 radical (unpaired) electrons. The number of halogens is 1. The van der Waals surface area contributed by atoms with Crippen LogP contribution in [0.15, 0.2) is 52.8 Å². The van der Waals surface area contributed by atoms with Gasteiger partial charge in [0.05, 0.1) is 11.8 Å². The summed E-state index contributed by atoms with van der Waals surface area (Å²) in [5, 5.41) is 8.71. The van der Waals surface area contributed by atoms with Gasteiger partial charge in [0.15, 0.2) is 5.82 Å². The number of fused-ring (bicyclic) bond motifs is 1. The molecule has 0 atom stereocenters. The van der Waals surface area contributed by atoms with Crippen LogP contribution in [0.1, 0.15) is 39.3 Å². The number of hydrogen-bond acceptors (Lipinski definition) is 4. The molecule has 5 nitrogen and oxygen atoms in total. The van der Waals surface area contributed by atoms with Gasteiger partial charge >= 0.3 is 0 Å². The summed E-state index contributed by atoms with van der Waals surface area (Å²) in [6.07, 6.45) is 1.41. The highest BCUT2D eigenvalue weighted by atomic mass is 19.1. The van der Waals surface area contributed by atoms with Crippen LogP contribution in [0.4, 0.5) is 15.9 Å². The van der Waals surface area contributed by atoms with Crippen LogP contribution < -0.4 is 4.74 Å². The maximum atomic E-state index is 13.7. The third-order valence-electron chi connectivity index (χ3n) is 3.61. The van der Waals surface area contributed by atoms with Gasteiger partial charge in [-0.05, 0) is 44.0 Å². The van der Waals surface area contributed by atoms with Gasteiger partial charge in [0.2, 0.25) is 0 Å². The van der Waals surface area contributed by atoms with E-state index in [1.165, 1.54) is 12.3 Å². The lowest BCUT2D eigenvalue weighted by atomic mass is 10.1. The summed E-state index contributed by atoms with van der Waals surface area (Å²) in [7, 11) is 0. The molecule has 25 heavy (non-hydrogen) atoms. The molecule has 0 amide bonds. The summed E-state index contributed by atoms with van der Waals surface area (Å²) in [5.41, 5.74) is 2.04. The van der Waals surface area contributed by atoms with Gasteiger partial charge in [0, 0.05) is 6.20 Å². The number of aromatic nitrogens is 2. The standard InChI is InChI=1S/C19H21FN4O/c1-12(2)18-19(24-11-14(20)9-10-17(24)21-18)23-22-15-7-5-6-8-16(15)25-13(3)4/h5-13H,1-4H3. The molecule has 2 aromatic heterocycles.